The summed E-state index contributed by atoms with van der Waals surface area (Å²) in [6.07, 6.45) is 8.70. The van der Waals surface area contributed by atoms with Crippen molar-refractivity contribution in [3.8, 4) is 51.0 Å². The van der Waals surface area contributed by atoms with Crippen LogP contribution in [0, 0.1) is 0 Å². The van der Waals surface area contributed by atoms with Crippen LogP contribution in [0.15, 0.2) is 157 Å². The summed E-state index contributed by atoms with van der Waals surface area (Å²) in [5.74, 6) is 2.43. The number of rotatable bonds is 12. The normalized spacial score (nSPS) is 11.6. The van der Waals surface area contributed by atoms with Gasteiger partial charge in [-0.25, -0.2) is 15.0 Å². The average Bonchev–Trinajstić information content (AvgIpc) is 3.81. The van der Waals surface area contributed by atoms with Crippen LogP contribution in [-0.2, 0) is 0 Å². The Morgan fingerprint density at radius 3 is 1.81 bits per heavy atom. The van der Waals surface area contributed by atoms with E-state index in [0.29, 0.717) is 23.4 Å². The van der Waals surface area contributed by atoms with Gasteiger partial charge in [0.25, 0.3) is 0 Å². The average molecular weight is 741 g/mol. The van der Waals surface area contributed by atoms with E-state index in [1.807, 2.05) is 84.9 Å². The van der Waals surface area contributed by atoms with Gasteiger partial charge < -0.3 is 8.98 Å². The van der Waals surface area contributed by atoms with Crippen molar-refractivity contribution in [3.05, 3.63) is 170 Å². The predicted octanol–water partition coefficient (Wildman–Crippen LogP) is 14.4. The first kappa shape index (κ1) is 35.8. The number of nitrogens with zero attached hydrogens (tertiary/aromatic N) is 4. The van der Waals surface area contributed by atoms with Gasteiger partial charge in [-0.3, -0.25) is 0 Å². The van der Waals surface area contributed by atoms with E-state index >= 15 is 0 Å². The molecule has 0 saturated heterocycles. The Labute approximate surface area is 333 Å². The molecular weight excluding hydrogens is 697 g/mol. The molecule has 0 radical (unpaired) electrons. The van der Waals surface area contributed by atoms with Crippen LogP contribution in [-0.4, -0.2) is 19.5 Å². The number of hydrogen-bond acceptors (Lipinski definition) is 4. The summed E-state index contributed by atoms with van der Waals surface area (Å²) < 4.78 is 8.78. The van der Waals surface area contributed by atoms with Gasteiger partial charge in [-0.05, 0) is 84.0 Å². The Morgan fingerprint density at radius 1 is 0.579 bits per heavy atom. The van der Waals surface area contributed by atoms with E-state index in [4.69, 9.17) is 19.4 Å². The summed E-state index contributed by atoms with van der Waals surface area (Å²) >= 11 is 0. The lowest BCUT2D eigenvalue weighted by molar-refractivity contribution is 0.561. The maximum Gasteiger partial charge on any atom is 0.164 e. The maximum atomic E-state index is 6.48. The number of hydrogen-bond donors (Lipinski definition) is 0. The van der Waals surface area contributed by atoms with Gasteiger partial charge in [0, 0.05) is 44.1 Å². The van der Waals surface area contributed by atoms with Crippen molar-refractivity contribution in [1.29, 1.82) is 0 Å². The molecule has 5 nitrogen and oxygen atoms in total. The first-order chi connectivity index (χ1) is 28.1. The Morgan fingerprint density at radius 2 is 1.19 bits per heavy atom. The Bertz CT molecular complexity index is 2840. The summed E-state index contributed by atoms with van der Waals surface area (Å²) in [7, 11) is 0. The van der Waals surface area contributed by atoms with E-state index in [0.717, 1.165) is 77.6 Å². The van der Waals surface area contributed by atoms with Crippen LogP contribution in [0.25, 0.3) is 96.0 Å². The predicted molar refractivity (Wildman–Crippen MR) is 238 cm³/mol. The van der Waals surface area contributed by atoms with E-state index in [1.54, 1.807) is 0 Å². The van der Waals surface area contributed by atoms with Gasteiger partial charge in [0.15, 0.2) is 17.5 Å². The molecule has 0 aliphatic carbocycles. The maximum absolute atomic E-state index is 6.48. The molecule has 3 heterocycles. The van der Waals surface area contributed by atoms with Crippen LogP contribution >= 0.6 is 0 Å². The second kappa shape index (κ2) is 15.4. The summed E-state index contributed by atoms with van der Waals surface area (Å²) in [6, 6.07) is 48.5. The Hall–Kier alpha value is -6.85. The molecule has 0 aliphatic heterocycles. The van der Waals surface area contributed by atoms with Gasteiger partial charge in [-0.1, -0.05) is 143 Å². The SMILES string of the molecule is C=Cc1c(C=C)n(-c2ccc(C(CCC)CCC)cc2)c2ccc(-c3ccc4oc5cccc(-c6nc(-c7ccccc7)nc(-c7ccccc7)n6)c5c4c3)cc12. The topological polar surface area (TPSA) is 56.7 Å². The van der Waals surface area contributed by atoms with Gasteiger partial charge >= 0.3 is 0 Å². The third-order valence-electron chi connectivity index (χ3n) is 11.1. The lowest BCUT2D eigenvalue weighted by Gasteiger charge is -2.17. The molecule has 0 amide bonds. The molecule has 9 aromatic rings. The Kier molecular flexibility index (Phi) is 9.65. The van der Waals surface area contributed by atoms with Crippen LogP contribution in [0.5, 0.6) is 0 Å². The smallest absolute Gasteiger partial charge is 0.164 e. The molecule has 0 N–H and O–H groups in total. The van der Waals surface area contributed by atoms with Crippen molar-refractivity contribution in [2.75, 3.05) is 0 Å². The molecular formula is C52H44N4O. The van der Waals surface area contributed by atoms with E-state index in [-0.39, 0.29) is 0 Å². The largest absolute Gasteiger partial charge is 0.456 e. The lowest BCUT2D eigenvalue weighted by Crippen LogP contribution is -2.01. The minimum atomic E-state index is 0.594. The van der Waals surface area contributed by atoms with E-state index in [9.17, 15) is 0 Å². The van der Waals surface area contributed by atoms with Crippen LogP contribution in [0.1, 0.15) is 62.3 Å². The second-order valence-corrected chi connectivity index (χ2v) is 14.7. The van der Waals surface area contributed by atoms with Crippen LogP contribution in [0.4, 0.5) is 0 Å². The molecule has 0 aliphatic rings. The van der Waals surface area contributed by atoms with Crippen molar-refractivity contribution in [2.24, 2.45) is 0 Å². The summed E-state index contributed by atoms with van der Waals surface area (Å²) in [5, 5.41) is 3.09. The van der Waals surface area contributed by atoms with E-state index < -0.39 is 0 Å². The van der Waals surface area contributed by atoms with Gasteiger partial charge in [-0.15, -0.1) is 0 Å². The molecule has 57 heavy (non-hydrogen) atoms. The summed E-state index contributed by atoms with van der Waals surface area (Å²) in [5.41, 5.74) is 12.3. The van der Waals surface area contributed by atoms with Crippen LogP contribution < -0.4 is 0 Å². The third-order valence-corrected chi connectivity index (χ3v) is 11.1. The number of fused-ring (bicyclic) bond motifs is 4. The third kappa shape index (κ3) is 6.55. The number of aromatic nitrogens is 4. The van der Waals surface area contributed by atoms with Gasteiger partial charge in [0.2, 0.25) is 0 Å². The zero-order valence-corrected chi connectivity index (χ0v) is 32.5. The number of benzene rings is 6. The van der Waals surface area contributed by atoms with Gasteiger partial charge in [-0.2, -0.15) is 0 Å². The van der Waals surface area contributed by atoms with E-state index in [1.165, 1.54) is 31.2 Å². The van der Waals surface area contributed by atoms with Gasteiger partial charge in [0.1, 0.15) is 11.2 Å². The molecule has 278 valence electrons. The second-order valence-electron chi connectivity index (χ2n) is 14.7. The molecule has 0 bridgehead atoms. The van der Waals surface area contributed by atoms with Crippen molar-refractivity contribution in [3.63, 3.8) is 0 Å². The highest BCUT2D eigenvalue weighted by atomic mass is 16.3. The zero-order chi connectivity index (χ0) is 38.9. The molecule has 0 spiro atoms. The minimum Gasteiger partial charge on any atom is -0.456 e. The monoisotopic (exact) mass is 740 g/mol. The summed E-state index contributed by atoms with van der Waals surface area (Å²) in [4.78, 5) is 15.0. The molecule has 0 unspecified atom stereocenters. The van der Waals surface area contributed by atoms with Crippen LogP contribution in [0.2, 0.25) is 0 Å². The minimum absolute atomic E-state index is 0.594. The quantitative estimate of drug-likeness (QED) is 0.125. The lowest BCUT2D eigenvalue weighted by atomic mass is 9.90. The van der Waals surface area contributed by atoms with Crippen molar-refractivity contribution >= 4 is 45.0 Å². The molecule has 0 atom stereocenters. The molecule has 0 fully saturated rings. The van der Waals surface area contributed by atoms with E-state index in [2.05, 4.69) is 98.3 Å². The first-order valence-corrected chi connectivity index (χ1v) is 19.9. The standard InChI is InChI=1S/C52H44N4O/c1-5-16-34(17-6-2)35-24-28-40(29-25-35)56-45(8-4)41(7-3)43-32-38(26-30-46(43)56)39-27-31-47-44(33-39)49-42(22-15-23-48(49)57-47)52-54-50(36-18-11-9-12-19-36)53-51(55-52)37-20-13-10-14-21-37/h7-15,18-34H,3-6,16-17H2,1-2H3. The molecule has 9 rings (SSSR count). The van der Waals surface area contributed by atoms with Crippen molar-refractivity contribution in [2.45, 2.75) is 45.4 Å². The Balaban J connectivity index is 1.16. The highest BCUT2D eigenvalue weighted by Gasteiger charge is 2.20. The first-order valence-electron chi connectivity index (χ1n) is 19.9. The molecule has 0 saturated carbocycles. The molecule has 3 aromatic heterocycles. The highest BCUT2D eigenvalue weighted by molar-refractivity contribution is 6.13. The fourth-order valence-corrected chi connectivity index (χ4v) is 8.40. The fourth-order valence-electron chi connectivity index (χ4n) is 8.40. The highest BCUT2D eigenvalue weighted by Crippen LogP contribution is 2.40. The molecule has 6 aromatic carbocycles. The zero-order valence-electron chi connectivity index (χ0n) is 32.5. The summed E-state index contributed by atoms with van der Waals surface area (Å²) in [6.45, 7) is 13.0. The van der Waals surface area contributed by atoms with Crippen LogP contribution in [0.3, 0.4) is 0 Å². The molecule has 5 heteroatoms. The fraction of sp³-hybridized carbons (Fsp3) is 0.135. The number of furan rings is 1. The van der Waals surface area contributed by atoms with Gasteiger partial charge in [0.05, 0.1) is 11.2 Å². The van der Waals surface area contributed by atoms with Crippen molar-refractivity contribution < 1.29 is 4.42 Å². The van der Waals surface area contributed by atoms with Crippen molar-refractivity contribution in [1.82, 2.24) is 19.5 Å².